The maximum atomic E-state index is 11.6. The Morgan fingerprint density at radius 3 is 2.55 bits per heavy atom. The SMILES string of the molecule is CCOCc1ccc2cc(C(C)C(=O)OC)ccc2c1. The largest absolute Gasteiger partial charge is 0.469 e. The van der Waals surface area contributed by atoms with Crippen molar-refractivity contribution in [3.8, 4) is 0 Å². The van der Waals surface area contributed by atoms with Gasteiger partial charge in [0.15, 0.2) is 0 Å². The number of benzene rings is 2. The van der Waals surface area contributed by atoms with Gasteiger partial charge >= 0.3 is 5.97 Å². The number of esters is 1. The molecular formula is C17H20O3. The highest BCUT2D eigenvalue weighted by atomic mass is 16.5. The van der Waals surface area contributed by atoms with E-state index in [2.05, 4.69) is 18.2 Å². The molecule has 0 aliphatic heterocycles. The van der Waals surface area contributed by atoms with Crippen LogP contribution in [0, 0.1) is 0 Å². The van der Waals surface area contributed by atoms with Crippen molar-refractivity contribution in [1.82, 2.24) is 0 Å². The van der Waals surface area contributed by atoms with Gasteiger partial charge in [0.05, 0.1) is 19.6 Å². The van der Waals surface area contributed by atoms with Gasteiger partial charge in [-0.15, -0.1) is 0 Å². The normalized spacial score (nSPS) is 12.3. The zero-order valence-corrected chi connectivity index (χ0v) is 12.2. The van der Waals surface area contributed by atoms with Crippen LogP contribution in [0.15, 0.2) is 36.4 Å². The zero-order chi connectivity index (χ0) is 14.5. The second-order valence-corrected chi connectivity index (χ2v) is 4.82. The smallest absolute Gasteiger partial charge is 0.312 e. The number of ether oxygens (including phenoxy) is 2. The summed E-state index contributed by atoms with van der Waals surface area (Å²) in [6, 6.07) is 12.3. The van der Waals surface area contributed by atoms with Crippen molar-refractivity contribution in [2.75, 3.05) is 13.7 Å². The molecule has 3 nitrogen and oxygen atoms in total. The highest BCUT2D eigenvalue weighted by Crippen LogP contribution is 2.23. The molecule has 0 fully saturated rings. The summed E-state index contributed by atoms with van der Waals surface area (Å²) in [5.74, 6) is -0.454. The van der Waals surface area contributed by atoms with Gasteiger partial charge < -0.3 is 9.47 Å². The monoisotopic (exact) mass is 272 g/mol. The first-order chi connectivity index (χ1) is 9.65. The molecule has 0 N–H and O–H groups in total. The topological polar surface area (TPSA) is 35.5 Å². The third-order valence-electron chi connectivity index (χ3n) is 3.46. The Morgan fingerprint density at radius 1 is 1.15 bits per heavy atom. The summed E-state index contributed by atoms with van der Waals surface area (Å²) in [5, 5.41) is 2.28. The Hall–Kier alpha value is -1.87. The lowest BCUT2D eigenvalue weighted by Gasteiger charge is -2.11. The molecular weight excluding hydrogens is 252 g/mol. The van der Waals surface area contributed by atoms with E-state index in [1.165, 1.54) is 7.11 Å². The van der Waals surface area contributed by atoms with E-state index in [0.717, 1.165) is 21.9 Å². The summed E-state index contributed by atoms with van der Waals surface area (Å²) in [7, 11) is 1.42. The number of hydrogen-bond acceptors (Lipinski definition) is 3. The van der Waals surface area contributed by atoms with Gasteiger partial charge in [0.2, 0.25) is 0 Å². The van der Waals surface area contributed by atoms with Crippen LogP contribution < -0.4 is 0 Å². The van der Waals surface area contributed by atoms with Crippen molar-refractivity contribution < 1.29 is 14.3 Å². The predicted octanol–water partition coefficient (Wildman–Crippen LogP) is 3.65. The molecule has 2 aromatic rings. The molecule has 0 saturated carbocycles. The summed E-state index contributed by atoms with van der Waals surface area (Å²) in [5.41, 5.74) is 2.13. The first-order valence-corrected chi connectivity index (χ1v) is 6.84. The number of rotatable bonds is 5. The predicted molar refractivity (Wildman–Crippen MR) is 79.7 cm³/mol. The molecule has 1 unspecified atom stereocenters. The summed E-state index contributed by atoms with van der Waals surface area (Å²) >= 11 is 0. The molecule has 0 heterocycles. The molecule has 0 aromatic heterocycles. The average molecular weight is 272 g/mol. The van der Waals surface area contributed by atoms with Crippen LogP contribution in [-0.4, -0.2) is 19.7 Å². The third-order valence-corrected chi connectivity index (χ3v) is 3.46. The van der Waals surface area contributed by atoms with E-state index < -0.39 is 0 Å². The van der Waals surface area contributed by atoms with Crippen LogP contribution in [0.25, 0.3) is 10.8 Å². The van der Waals surface area contributed by atoms with Crippen LogP contribution in [0.3, 0.4) is 0 Å². The van der Waals surface area contributed by atoms with Crippen molar-refractivity contribution in [2.24, 2.45) is 0 Å². The summed E-state index contributed by atoms with van der Waals surface area (Å²) in [6.45, 7) is 5.19. The lowest BCUT2D eigenvalue weighted by Crippen LogP contribution is -2.10. The van der Waals surface area contributed by atoms with Gasteiger partial charge in [0.1, 0.15) is 0 Å². The van der Waals surface area contributed by atoms with Crippen molar-refractivity contribution in [3.05, 3.63) is 47.5 Å². The number of fused-ring (bicyclic) bond motifs is 1. The number of carbonyl (C=O) groups is 1. The standard InChI is InChI=1S/C17H20O3/c1-4-20-11-13-5-6-16-10-14(7-8-15(16)9-13)12(2)17(18)19-3/h5-10,12H,4,11H2,1-3H3. The minimum atomic E-state index is -0.243. The van der Waals surface area contributed by atoms with Crippen LogP contribution in [0.5, 0.6) is 0 Å². The molecule has 106 valence electrons. The van der Waals surface area contributed by atoms with E-state index in [4.69, 9.17) is 9.47 Å². The molecule has 0 radical (unpaired) electrons. The number of carbonyl (C=O) groups excluding carboxylic acids is 1. The molecule has 2 aromatic carbocycles. The highest BCUT2D eigenvalue weighted by molar-refractivity contribution is 5.86. The summed E-state index contributed by atoms with van der Waals surface area (Å²) < 4.78 is 10.2. The van der Waals surface area contributed by atoms with Crippen molar-refractivity contribution in [2.45, 2.75) is 26.4 Å². The first-order valence-electron chi connectivity index (χ1n) is 6.84. The molecule has 2 rings (SSSR count). The van der Waals surface area contributed by atoms with Gasteiger partial charge in [-0.3, -0.25) is 4.79 Å². The van der Waals surface area contributed by atoms with Gasteiger partial charge in [0, 0.05) is 6.61 Å². The fourth-order valence-electron chi connectivity index (χ4n) is 2.21. The molecule has 0 aliphatic rings. The average Bonchev–Trinajstić information content (AvgIpc) is 2.50. The molecule has 0 saturated heterocycles. The first kappa shape index (κ1) is 14.5. The Balaban J connectivity index is 2.29. The fraction of sp³-hybridized carbons (Fsp3) is 0.353. The fourth-order valence-corrected chi connectivity index (χ4v) is 2.21. The van der Waals surface area contributed by atoms with Crippen molar-refractivity contribution in [3.63, 3.8) is 0 Å². The van der Waals surface area contributed by atoms with Crippen molar-refractivity contribution >= 4 is 16.7 Å². The third kappa shape index (κ3) is 3.17. The van der Waals surface area contributed by atoms with E-state index in [9.17, 15) is 4.79 Å². The van der Waals surface area contributed by atoms with Crippen LogP contribution in [-0.2, 0) is 20.9 Å². The van der Waals surface area contributed by atoms with E-state index in [-0.39, 0.29) is 11.9 Å². The van der Waals surface area contributed by atoms with E-state index in [1.54, 1.807) is 0 Å². The molecule has 0 bridgehead atoms. The van der Waals surface area contributed by atoms with Gasteiger partial charge in [-0.05, 0) is 41.8 Å². The van der Waals surface area contributed by atoms with Gasteiger partial charge in [-0.1, -0.05) is 30.3 Å². The highest BCUT2D eigenvalue weighted by Gasteiger charge is 2.15. The molecule has 20 heavy (non-hydrogen) atoms. The maximum Gasteiger partial charge on any atom is 0.312 e. The second kappa shape index (κ2) is 6.53. The Morgan fingerprint density at radius 2 is 1.85 bits per heavy atom. The van der Waals surface area contributed by atoms with Crippen LogP contribution >= 0.6 is 0 Å². The Kier molecular flexibility index (Phi) is 4.74. The van der Waals surface area contributed by atoms with Crippen LogP contribution in [0.4, 0.5) is 0 Å². The molecule has 0 spiro atoms. The molecule has 1 atom stereocenters. The van der Waals surface area contributed by atoms with Gasteiger partial charge in [0.25, 0.3) is 0 Å². The Bertz CT molecular complexity index is 604. The zero-order valence-electron chi connectivity index (χ0n) is 12.2. The maximum absolute atomic E-state index is 11.6. The molecule has 0 amide bonds. The number of methoxy groups -OCH3 is 1. The lowest BCUT2D eigenvalue weighted by molar-refractivity contribution is -0.141. The van der Waals surface area contributed by atoms with Crippen LogP contribution in [0.1, 0.15) is 30.9 Å². The van der Waals surface area contributed by atoms with Gasteiger partial charge in [-0.2, -0.15) is 0 Å². The van der Waals surface area contributed by atoms with E-state index in [1.807, 2.05) is 32.0 Å². The minimum absolute atomic E-state index is 0.211. The van der Waals surface area contributed by atoms with Crippen molar-refractivity contribution in [1.29, 1.82) is 0 Å². The summed E-state index contributed by atoms with van der Waals surface area (Å²) in [4.78, 5) is 11.6. The van der Waals surface area contributed by atoms with E-state index in [0.29, 0.717) is 13.2 Å². The molecule has 3 heteroatoms. The minimum Gasteiger partial charge on any atom is -0.469 e. The summed E-state index contributed by atoms with van der Waals surface area (Å²) in [6.07, 6.45) is 0. The van der Waals surface area contributed by atoms with Gasteiger partial charge in [-0.25, -0.2) is 0 Å². The lowest BCUT2D eigenvalue weighted by atomic mass is 9.97. The molecule has 0 aliphatic carbocycles. The number of hydrogen-bond donors (Lipinski definition) is 0. The van der Waals surface area contributed by atoms with E-state index >= 15 is 0 Å². The quantitative estimate of drug-likeness (QED) is 0.779. The second-order valence-electron chi connectivity index (χ2n) is 4.82. The Labute approximate surface area is 119 Å². The van der Waals surface area contributed by atoms with Crippen LogP contribution in [0.2, 0.25) is 0 Å².